The molecule has 0 saturated heterocycles. The van der Waals surface area contributed by atoms with Crippen LogP contribution >= 0.6 is 0 Å². The van der Waals surface area contributed by atoms with E-state index >= 15 is 0 Å². The molecular formula is C18H26O3. The monoisotopic (exact) mass is 290 g/mol. The minimum Gasteiger partial charge on any atom is -0.481 e. The van der Waals surface area contributed by atoms with Crippen molar-refractivity contribution in [1.29, 1.82) is 0 Å². The van der Waals surface area contributed by atoms with Crippen LogP contribution in [0.15, 0.2) is 36.0 Å². The summed E-state index contributed by atoms with van der Waals surface area (Å²) in [6.45, 7) is 2.07. The molecule has 0 aromatic carbocycles. The van der Waals surface area contributed by atoms with Crippen LogP contribution in [0.25, 0.3) is 0 Å². The first-order valence-corrected chi connectivity index (χ1v) is 7.96. The van der Waals surface area contributed by atoms with Crippen molar-refractivity contribution >= 4 is 11.8 Å². The number of carboxylic acids is 1. The van der Waals surface area contributed by atoms with Gasteiger partial charge in [-0.1, -0.05) is 56.9 Å². The van der Waals surface area contributed by atoms with Gasteiger partial charge in [0.1, 0.15) is 0 Å². The Balaban J connectivity index is 2.23. The second-order valence-corrected chi connectivity index (χ2v) is 5.49. The van der Waals surface area contributed by atoms with E-state index in [1.165, 1.54) is 0 Å². The Labute approximate surface area is 127 Å². The zero-order valence-electron chi connectivity index (χ0n) is 12.9. The van der Waals surface area contributed by atoms with Gasteiger partial charge in [0.15, 0.2) is 5.78 Å². The highest BCUT2D eigenvalue weighted by atomic mass is 16.4. The molecule has 0 amide bonds. The summed E-state index contributed by atoms with van der Waals surface area (Å²) >= 11 is 0. The summed E-state index contributed by atoms with van der Waals surface area (Å²) in [5, 5.41) is 8.55. The number of aliphatic carboxylic acids is 1. The van der Waals surface area contributed by atoms with Gasteiger partial charge >= 0.3 is 5.97 Å². The SMILES string of the molecule is CC/C=C\C=C1\C(=O)C=C[C@@H]1CCCCCCCC(=O)O. The summed E-state index contributed by atoms with van der Waals surface area (Å²) in [4.78, 5) is 22.2. The van der Waals surface area contributed by atoms with Crippen molar-refractivity contribution in [2.24, 2.45) is 5.92 Å². The molecule has 3 nitrogen and oxygen atoms in total. The minimum absolute atomic E-state index is 0.141. The lowest BCUT2D eigenvalue weighted by Gasteiger charge is -2.09. The highest BCUT2D eigenvalue weighted by Gasteiger charge is 2.21. The molecule has 0 unspecified atom stereocenters. The van der Waals surface area contributed by atoms with E-state index in [0.717, 1.165) is 50.5 Å². The maximum atomic E-state index is 11.8. The Morgan fingerprint density at radius 2 is 1.95 bits per heavy atom. The fraction of sp³-hybridized carbons (Fsp3) is 0.556. The largest absolute Gasteiger partial charge is 0.481 e. The molecule has 0 spiro atoms. The molecule has 21 heavy (non-hydrogen) atoms. The number of allylic oxidation sites excluding steroid dienone is 6. The van der Waals surface area contributed by atoms with Crippen LogP contribution < -0.4 is 0 Å². The van der Waals surface area contributed by atoms with Crippen LogP contribution in [0, 0.1) is 5.92 Å². The fourth-order valence-corrected chi connectivity index (χ4v) is 2.52. The summed E-state index contributed by atoms with van der Waals surface area (Å²) in [6.07, 6.45) is 16.9. The third kappa shape index (κ3) is 7.07. The highest BCUT2D eigenvalue weighted by molar-refractivity contribution is 6.07. The molecule has 0 aliphatic heterocycles. The molecule has 3 heteroatoms. The number of ketones is 1. The van der Waals surface area contributed by atoms with Crippen LogP contribution in [0.5, 0.6) is 0 Å². The number of carbonyl (C=O) groups is 2. The molecule has 0 bridgehead atoms. The Hall–Kier alpha value is -1.64. The topological polar surface area (TPSA) is 54.4 Å². The van der Waals surface area contributed by atoms with E-state index < -0.39 is 5.97 Å². The number of carboxylic acid groups (broad SMARTS) is 1. The quantitative estimate of drug-likeness (QED) is 0.477. The van der Waals surface area contributed by atoms with Gasteiger partial charge in [-0.2, -0.15) is 0 Å². The molecule has 0 saturated carbocycles. The molecule has 0 fully saturated rings. The van der Waals surface area contributed by atoms with Crippen molar-refractivity contribution in [3.8, 4) is 0 Å². The maximum Gasteiger partial charge on any atom is 0.303 e. The zero-order chi connectivity index (χ0) is 15.5. The molecule has 0 aromatic heterocycles. The van der Waals surface area contributed by atoms with Crippen molar-refractivity contribution in [1.82, 2.24) is 0 Å². The molecule has 116 valence electrons. The van der Waals surface area contributed by atoms with Crippen LogP contribution in [0.2, 0.25) is 0 Å². The molecule has 0 heterocycles. The van der Waals surface area contributed by atoms with Crippen LogP contribution in [0.4, 0.5) is 0 Å². The summed E-state index contributed by atoms with van der Waals surface area (Å²) in [7, 11) is 0. The highest BCUT2D eigenvalue weighted by Crippen LogP contribution is 2.27. The van der Waals surface area contributed by atoms with Gasteiger partial charge in [0.2, 0.25) is 0 Å². The Kier molecular flexibility index (Phi) is 8.41. The summed E-state index contributed by atoms with van der Waals surface area (Å²) < 4.78 is 0. The lowest BCUT2D eigenvalue weighted by molar-refractivity contribution is -0.137. The third-order valence-electron chi connectivity index (χ3n) is 3.72. The molecule has 1 atom stereocenters. The number of carbonyl (C=O) groups excluding carboxylic acids is 1. The van der Waals surface area contributed by atoms with Gasteiger partial charge in [0, 0.05) is 17.9 Å². The predicted octanol–water partition coefficient (Wildman–Crippen LogP) is 4.45. The van der Waals surface area contributed by atoms with Crippen LogP contribution in [0.3, 0.4) is 0 Å². The minimum atomic E-state index is -0.709. The molecule has 1 rings (SSSR count). The van der Waals surface area contributed by atoms with E-state index in [2.05, 4.69) is 13.0 Å². The average Bonchev–Trinajstić information content (AvgIpc) is 2.79. The first-order valence-electron chi connectivity index (χ1n) is 7.96. The normalized spacial score (nSPS) is 20.0. The van der Waals surface area contributed by atoms with E-state index in [0.29, 0.717) is 0 Å². The maximum absolute atomic E-state index is 11.8. The van der Waals surface area contributed by atoms with E-state index in [4.69, 9.17) is 5.11 Å². The van der Waals surface area contributed by atoms with Crippen LogP contribution in [-0.4, -0.2) is 16.9 Å². The average molecular weight is 290 g/mol. The molecule has 0 radical (unpaired) electrons. The van der Waals surface area contributed by atoms with Crippen LogP contribution in [-0.2, 0) is 9.59 Å². The molecule has 1 aliphatic rings. The predicted molar refractivity (Wildman–Crippen MR) is 85.1 cm³/mol. The number of hydrogen-bond acceptors (Lipinski definition) is 2. The fourth-order valence-electron chi connectivity index (χ4n) is 2.52. The van der Waals surface area contributed by atoms with Crippen LogP contribution in [0.1, 0.15) is 58.3 Å². The van der Waals surface area contributed by atoms with Crippen molar-refractivity contribution in [2.45, 2.75) is 58.3 Å². The van der Waals surface area contributed by atoms with Gasteiger partial charge in [-0.05, 0) is 25.3 Å². The number of rotatable bonds is 10. The van der Waals surface area contributed by atoms with E-state index in [9.17, 15) is 9.59 Å². The van der Waals surface area contributed by atoms with Gasteiger partial charge < -0.3 is 5.11 Å². The van der Waals surface area contributed by atoms with Crippen molar-refractivity contribution < 1.29 is 14.7 Å². The van der Waals surface area contributed by atoms with Gasteiger partial charge in [-0.15, -0.1) is 0 Å². The Bertz CT molecular complexity index is 430. The standard InChI is InChI=1S/C18H26O3/c1-2-3-7-11-16-15(13-14-17(16)19)10-8-5-4-6-9-12-18(20)21/h3,7,11,13-15H,2,4-6,8-10,12H2,1H3,(H,20,21)/b7-3-,16-11+/t15-/m0/s1. The van der Waals surface area contributed by atoms with Gasteiger partial charge in [0.25, 0.3) is 0 Å². The molecule has 1 N–H and O–H groups in total. The number of hydrogen-bond donors (Lipinski definition) is 1. The lowest BCUT2D eigenvalue weighted by atomic mass is 9.94. The lowest BCUT2D eigenvalue weighted by Crippen LogP contribution is -2.02. The molecule has 1 aliphatic carbocycles. The van der Waals surface area contributed by atoms with Crippen molar-refractivity contribution in [3.63, 3.8) is 0 Å². The smallest absolute Gasteiger partial charge is 0.303 e. The number of unbranched alkanes of at least 4 members (excludes halogenated alkanes) is 4. The second-order valence-electron chi connectivity index (χ2n) is 5.49. The van der Waals surface area contributed by atoms with E-state index in [1.807, 2.05) is 18.2 Å². The van der Waals surface area contributed by atoms with E-state index in [1.54, 1.807) is 6.08 Å². The Morgan fingerprint density at radius 1 is 1.24 bits per heavy atom. The summed E-state index contributed by atoms with van der Waals surface area (Å²) in [5.41, 5.74) is 0.908. The summed E-state index contributed by atoms with van der Waals surface area (Å²) in [5.74, 6) is -0.306. The van der Waals surface area contributed by atoms with Gasteiger partial charge in [0.05, 0.1) is 0 Å². The second kappa shape index (κ2) is 10.1. The van der Waals surface area contributed by atoms with Gasteiger partial charge in [-0.3, -0.25) is 9.59 Å². The first-order chi connectivity index (χ1) is 10.1. The van der Waals surface area contributed by atoms with Gasteiger partial charge in [-0.25, -0.2) is 0 Å². The van der Waals surface area contributed by atoms with Crippen molar-refractivity contribution in [3.05, 3.63) is 36.0 Å². The van der Waals surface area contributed by atoms with Crippen molar-refractivity contribution in [2.75, 3.05) is 0 Å². The Morgan fingerprint density at radius 3 is 2.67 bits per heavy atom. The summed E-state index contributed by atoms with van der Waals surface area (Å²) in [6, 6.07) is 0. The molecule has 0 aromatic rings. The molecular weight excluding hydrogens is 264 g/mol. The first kappa shape index (κ1) is 17.4. The third-order valence-corrected chi connectivity index (χ3v) is 3.72. The zero-order valence-corrected chi connectivity index (χ0v) is 12.9. The van der Waals surface area contributed by atoms with E-state index in [-0.39, 0.29) is 18.1 Å².